The number of nitrogens with one attached hydrogen (secondary N) is 1. The maximum absolute atomic E-state index is 13.5. The number of likely N-dealkylation sites (N-methyl/N-ethyl adjacent to an activating group) is 1. The molecule has 0 aromatic heterocycles. The van der Waals surface area contributed by atoms with Gasteiger partial charge in [-0.3, -0.25) is 0 Å². The lowest BCUT2D eigenvalue weighted by molar-refractivity contribution is 0.205. The van der Waals surface area contributed by atoms with Gasteiger partial charge in [0.25, 0.3) is 0 Å². The highest BCUT2D eigenvalue weighted by molar-refractivity contribution is 5.53. The van der Waals surface area contributed by atoms with Crippen molar-refractivity contribution in [2.24, 2.45) is 5.92 Å². The smallest absolute Gasteiger partial charge is 0.123 e. The van der Waals surface area contributed by atoms with E-state index < -0.39 is 0 Å². The number of nitrogens with zero attached hydrogens (tertiary/aromatic N) is 1. The van der Waals surface area contributed by atoms with Crippen molar-refractivity contribution in [3.63, 3.8) is 0 Å². The number of benzene rings is 1. The van der Waals surface area contributed by atoms with Gasteiger partial charge < -0.3 is 15.0 Å². The van der Waals surface area contributed by atoms with Crippen LogP contribution in [-0.2, 0) is 11.3 Å². The third-order valence-corrected chi connectivity index (χ3v) is 3.20. The number of halogens is 1. The fourth-order valence-electron chi connectivity index (χ4n) is 2.15. The second-order valence-corrected chi connectivity index (χ2v) is 5.37. The number of anilines is 1. The highest BCUT2D eigenvalue weighted by atomic mass is 19.1. The van der Waals surface area contributed by atoms with Gasteiger partial charge in [0.2, 0.25) is 0 Å². The largest absolute Gasteiger partial charge is 0.383 e. The normalized spacial score (nSPS) is 11.1. The van der Waals surface area contributed by atoms with Gasteiger partial charge in [-0.25, -0.2) is 4.39 Å². The van der Waals surface area contributed by atoms with Gasteiger partial charge in [0.1, 0.15) is 5.82 Å². The van der Waals surface area contributed by atoms with E-state index in [4.69, 9.17) is 4.74 Å². The Labute approximate surface area is 122 Å². The molecule has 1 aromatic rings. The first-order valence-electron chi connectivity index (χ1n) is 7.31. The van der Waals surface area contributed by atoms with Gasteiger partial charge >= 0.3 is 0 Å². The van der Waals surface area contributed by atoms with Gasteiger partial charge in [-0.15, -0.1) is 0 Å². The molecule has 1 aromatic carbocycles. The summed E-state index contributed by atoms with van der Waals surface area (Å²) in [6, 6.07) is 5.01. The van der Waals surface area contributed by atoms with Crippen LogP contribution in [0.2, 0.25) is 0 Å². The van der Waals surface area contributed by atoms with Crippen LogP contribution in [0.5, 0.6) is 0 Å². The van der Waals surface area contributed by atoms with Crippen LogP contribution in [0.4, 0.5) is 10.1 Å². The van der Waals surface area contributed by atoms with E-state index >= 15 is 0 Å². The van der Waals surface area contributed by atoms with Crippen LogP contribution in [0.3, 0.4) is 0 Å². The van der Waals surface area contributed by atoms with Crippen LogP contribution in [0.1, 0.15) is 26.3 Å². The van der Waals surface area contributed by atoms with E-state index in [1.807, 2.05) is 6.07 Å². The first kappa shape index (κ1) is 16.9. The van der Waals surface area contributed by atoms with Gasteiger partial charge in [-0.05, 0) is 43.1 Å². The van der Waals surface area contributed by atoms with Gasteiger partial charge in [0.05, 0.1) is 6.61 Å². The van der Waals surface area contributed by atoms with E-state index in [0.29, 0.717) is 19.1 Å². The van der Waals surface area contributed by atoms with Crippen molar-refractivity contribution in [2.75, 3.05) is 38.3 Å². The second kappa shape index (κ2) is 8.93. The SMILES string of the molecule is CCN(CCOC)c1ccc(F)cc1CNCC(C)C. The third kappa shape index (κ3) is 5.47. The molecule has 4 heteroatoms. The van der Waals surface area contributed by atoms with Crippen LogP contribution >= 0.6 is 0 Å². The second-order valence-electron chi connectivity index (χ2n) is 5.37. The number of hydrogen-bond acceptors (Lipinski definition) is 3. The van der Waals surface area contributed by atoms with E-state index in [-0.39, 0.29) is 5.82 Å². The standard InChI is InChI=1S/C16H27FN2O/c1-5-19(8-9-20-4)16-7-6-15(17)10-14(16)12-18-11-13(2)3/h6-7,10,13,18H,5,8-9,11-12H2,1-4H3. The molecule has 1 N–H and O–H groups in total. The molecule has 0 fully saturated rings. The van der Waals surface area contributed by atoms with Gasteiger partial charge in [-0.1, -0.05) is 13.8 Å². The number of methoxy groups -OCH3 is 1. The Morgan fingerprint density at radius 1 is 1.35 bits per heavy atom. The maximum Gasteiger partial charge on any atom is 0.123 e. The van der Waals surface area contributed by atoms with Gasteiger partial charge in [0, 0.05) is 32.4 Å². The minimum atomic E-state index is -0.183. The molecule has 114 valence electrons. The quantitative estimate of drug-likeness (QED) is 0.753. The Hall–Kier alpha value is -1.13. The van der Waals surface area contributed by atoms with Crippen LogP contribution in [0.15, 0.2) is 18.2 Å². The lowest BCUT2D eigenvalue weighted by Gasteiger charge is -2.26. The number of ether oxygens (including phenoxy) is 1. The molecule has 0 aliphatic heterocycles. The van der Waals surface area contributed by atoms with E-state index in [1.165, 1.54) is 6.07 Å². The summed E-state index contributed by atoms with van der Waals surface area (Å²) in [5.41, 5.74) is 2.09. The van der Waals surface area contributed by atoms with Crippen molar-refractivity contribution in [2.45, 2.75) is 27.3 Å². The lowest BCUT2D eigenvalue weighted by atomic mass is 10.1. The van der Waals surface area contributed by atoms with Crippen molar-refractivity contribution >= 4 is 5.69 Å². The van der Waals surface area contributed by atoms with E-state index in [9.17, 15) is 4.39 Å². The van der Waals surface area contributed by atoms with Crippen LogP contribution < -0.4 is 10.2 Å². The first-order valence-corrected chi connectivity index (χ1v) is 7.31. The molecule has 0 radical (unpaired) electrons. The zero-order valence-corrected chi connectivity index (χ0v) is 13.1. The molecule has 20 heavy (non-hydrogen) atoms. The van der Waals surface area contributed by atoms with Crippen molar-refractivity contribution in [3.8, 4) is 0 Å². The van der Waals surface area contributed by atoms with E-state index in [1.54, 1.807) is 13.2 Å². The molecule has 0 aliphatic carbocycles. The molecule has 3 nitrogen and oxygen atoms in total. The zero-order valence-electron chi connectivity index (χ0n) is 13.1. The average molecular weight is 282 g/mol. The summed E-state index contributed by atoms with van der Waals surface area (Å²) in [5.74, 6) is 0.403. The highest BCUT2D eigenvalue weighted by Crippen LogP contribution is 2.21. The third-order valence-electron chi connectivity index (χ3n) is 3.20. The number of hydrogen-bond donors (Lipinski definition) is 1. The van der Waals surface area contributed by atoms with Crippen LogP contribution in [0.25, 0.3) is 0 Å². The van der Waals surface area contributed by atoms with Crippen molar-refractivity contribution in [1.82, 2.24) is 5.32 Å². The Balaban J connectivity index is 2.81. The van der Waals surface area contributed by atoms with Gasteiger partial charge in [0.15, 0.2) is 0 Å². The molecule has 0 atom stereocenters. The average Bonchev–Trinajstić information content (AvgIpc) is 2.41. The Bertz CT molecular complexity index is 396. The van der Waals surface area contributed by atoms with Crippen molar-refractivity contribution < 1.29 is 9.13 Å². The lowest BCUT2D eigenvalue weighted by Crippen LogP contribution is -2.29. The summed E-state index contributed by atoms with van der Waals surface area (Å²) in [6.07, 6.45) is 0. The summed E-state index contributed by atoms with van der Waals surface area (Å²) in [6.45, 7) is 10.4. The molecule has 0 amide bonds. The minimum absolute atomic E-state index is 0.183. The molecule has 0 saturated heterocycles. The molecule has 0 spiro atoms. The summed E-state index contributed by atoms with van der Waals surface area (Å²) in [7, 11) is 1.70. The van der Waals surface area contributed by atoms with Crippen LogP contribution in [-0.4, -0.2) is 33.4 Å². The predicted molar refractivity (Wildman–Crippen MR) is 82.7 cm³/mol. The molecule has 0 aliphatic rings. The first-order chi connectivity index (χ1) is 9.58. The molecule has 0 unspecified atom stereocenters. The monoisotopic (exact) mass is 282 g/mol. The Morgan fingerprint density at radius 2 is 2.10 bits per heavy atom. The summed E-state index contributed by atoms with van der Waals surface area (Å²) in [5, 5.41) is 3.38. The molecular weight excluding hydrogens is 255 g/mol. The van der Waals surface area contributed by atoms with E-state index in [0.717, 1.165) is 30.9 Å². The topological polar surface area (TPSA) is 24.5 Å². The molecule has 0 saturated carbocycles. The van der Waals surface area contributed by atoms with Crippen molar-refractivity contribution in [3.05, 3.63) is 29.6 Å². The molecular formula is C16H27FN2O. The van der Waals surface area contributed by atoms with Gasteiger partial charge in [-0.2, -0.15) is 0 Å². The summed E-state index contributed by atoms with van der Waals surface area (Å²) >= 11 is 0. The molecule has 0 heterocycles. The maximum atomic E-state index is 13.5. The Morgan fingerprint density at radius 3 is 2.70 bits per heavy atom. The van der Waals surface area contributed by atoms with E-state index in [2.05, 4.69) is 31.0 Å². The highest BCUT2D eigenvalue weighted by Gasteiger charge is 2.10. The minimum Gasteiger partial charge on any atom is -0.383 e. The predicted octanol–water partition coefficient (Wildman–Crippen LogP) is 3.04. The number of rotatable bonds is 9. The van der Waals surface area contributed by atoms with Crippen LogP contribution in [0, 0.1) is 11.7 Å². The fraction of sp³-hybridized carbons (Fsp3) is 0.625. The summed E-state index contributed by atoms with van der Waals surface area (Å²) < 4.78 is 18.6. The molecule has 1 rings (SSSR count). The molecule has 0 bridgehead atoms. The summed E-state index contributed by atoms with van der Waals surface area (Å²) in [4.78, 5) is 2.22. The fourth-order valence-corrected chi connectivity index (χ4v) is 2.15. The Kier molecular flexibility index (Phi) is 7.55. The zero-order chi connectivity index (χ0) is 15.0. The van der Waals surface area contributed by atoms with Crippen molar-refractivity contribution in [1.29, 1.82) is 0 Å².